The summed E-state index contributed by atoms with van der Waals surface area (Å²) in [7, 11) is 4.36. The van der Waals surface area contributed by atoms with Gasteiger partial charge in [0.2, 0.25) is 0 Å². The average Bonchev–Trinajstić information content (AvgIpc) is 3.70. The van der Waals surface area contributed by atoms with Gasteiger partial charge in [-0.05, 0) is 107 Å². The molecule has 2 heterocycles. The van der Waals surface area contributed by atoms with Crippen molar-refractivity contribution in [3.8, 4) is 16.9 Å². The second kappa shape index (κ2) is 11.3. The number of ketones is 1. The van der Waals surface area contributed by atoms with E-state index in [0.717, 1.165) is 47.8 Å². The van der Waals surface area contributed by atoms with E-state index in [-0.39, 0.29) is 22.8 Å². The maximum absolute atomic E-state index is 14.3. The Hall–Kier alpha value is -2.74. The summed E-state index contributed by atoms with van der Waals surface area (Å²) in [5.41, 5.74) is 3.58. The normalized spacial score (nSPS) is 23.7. The number of likely N-dealkylation sites (N-methyl/N-ethyl adjacent to an activating group) is 1. The molecular formula is C32H38ClFN4O2. The Kier molecular flexibility index (Phi) is 7.73. The number of rotatable bonds is 8. The van der Waals surface area contributed by atoms with Crippen molar-refractivity contribution in [1.29, 1.82) is 0 Å². The zero-order valence-corrected chi connectivity index (χ0v) is 24.1. The number of pyridine rings is 1. The number of benzene rings is 2. The molecule has 1 aromatic heterocycles. The number of anilines is 1. The Morgan fingerprint density at radius 1 is 1.10 bits per heavy atom. The van der Waals surface area contributed by atoms with Crippen LogP contribution >= 0.6 is 11.6 Å². The third-order valence-corrected chi connectivity index (χ3v) is 9.41. The van der Waals surface area contributed by atoms with Gasteiger partial charge in [-0.1, -0.05) is 17.7 Å². The van der Waals surface area contributed by atoms with Gasteiger partial charge in [0, 0.05) is 42.7 Å². The fourth-order valence-electron chi connectivity index (χ4n) is 6.47. The number of aromatic hydroxyl groups is 1. The van der Waals surface area contributed by atoms with Gasteiger partial charge in [0.05, 0.1) is 21.8 Å². The van der Waals surface area contributed by atoms with Crippen molar-refractivity contribution in [2.45, 2.75) is 57.0 Å². The van der Waals surface area contributed by atoms with Crippen molar-refractivity contribution in [3.05, 3.63) is 52.9 Å². The molecule has 0 amide bonds. The number of Topliss-reactive ketones (excluding diaryl/α,β-unsaturated/α-hetero) is 1. The van der Waals surface area contributed by atoms with Crippen LogP contribution in [-0.4, -0.2) is 71.5 Å². The molecule has 2 N–H and O–H groups in total. The van der Waals surface area contributed by atoms with Crippen LogP contribution in [-0.2, 0) is 0 Å². The topological polar surface area (TPSA) is 68.7 Å². The average molecular weight is 565 g/mol. The number of fused-ring (bicyclic) bond motifs is 1. The number of halogens is 2. The van der Waals surface area contributed by atoms with Crippen molar-refractivity contribution in [1.82, 2.24) is 14.8 Å². The van der Waals surface area contributed by atoms with Crippen molar-refractivity contribution >= 4 is 34.0 Å². The summed E-state index contributed by atoms with van der Waals surface area (Å²) < 4.78 is 14.3. The molecule has 3 fully saturated rings. The second-order valence-electron chi connectivity index (χ2n) is 12.2. The maximum atomic E-state index is 14.3. The summed E-state index contributed by atoms with van der Waals surface area (Å²) in [6.45, 7) is 3.53. The number of hydrogen-bond acceptors (Lipinski definition) is 6. The molecule has 212 valence electrons. The van der Waals surface area contributed by atoms with Crippen LogP contribution in [0.3, 0.4) is 0 Å². The summed E-state index contributed by atoms with van der Waals surface area (Å²) in [6, 6.07) is 9.51. The van der Waals surface area contributed by atoms with Crippen LogP contribution < -0.4 is 5.32 Å². The van der Waals surface area contributed by atoms with Gasteiger partial charge in [-0.2, -0.15) is 0 Å². The molecule has 1 atom stereocenters. The monoisotopic (exact) mass is 564 g/mol. The first-order chi connectivity index (χ1) is 19.3. The number of aromatic nitrogens is 1. The van der Waals surface area contributed by atoms with Crippen molar-refractivity contribution in [3.63, 3.8) is 0 Å². The summed E-state index contributed by atoms with van der Waals surface area (Å²) >= 11 is 6.08. The zero-order chi connectivity index (χ0) is 28.0. The van der Waals surface area contributed by atoms with E-state index in [4.69, 9.17) is 11.6 Å². The summed E-state index contributed by atoms with van der Waals surface area (Å²) in [6.07, 6.45) is 9.31. The highest BCUT2D eigenvalue weighted by Crippen LogP contribution is 2.40. The van der Waals surface area contributed by atoms with Crippen LogP contribution in [0.2, 0.25) is 5.02 Å². The Bertz CT molecular complexity index is 1390. The smallest absolute Gasteiger partial charge is 0.170 e. The van der Waals surface area contributed by atoms with Gasteiger partial charge in [0.15, 0.2) is 17.3 Å². The lowest BCUT2D eigenvalue weighted by Gasteiger charge is -2.33. The minimum atomic E-state index is -0.764. The van der Waals surface area contributed by atoms with Crippen LogP contribution in [0.1, 0.15) is 55.3 Å². The van der Waals surface area contributed by atoms with Crippen molar-refractivity contribution in [2.24, 2.45) is 11.8 Å². The van der Waals surface area contributed by atoms with Gasteiger partial charge in [-0.3, -0.25) is 9.78 Å². The lowest BCUT2D eigenvalue weighted by atomic mass is 9.85. The van der Waals surface area contributed by atoms with Crippen molar-refractivity contribution < 1.29 is 14.3 Å². The number of nitrogens with one attached hydrogen (secondary N) is 1. The number of phenolic OH excluding ortho intramolecular Hbond substituents is 1. The van der Waals surface area contributed by atoms with Crippen LogP contribution in [0.25, 0.3) is 22.0 Å². The van der Waals surface area contributed by atoms with E-state index in [1.807, 2.05) is 18.2 Å². The van der Waals surface area contributed by atoms with Crippen LogP contribution in [0.4, 0.5) is 10.1 Å². The Balaban J connectivity index is 1.24. The van der Waals surface area contributed by atoms with Crippen LogP contribution in [0, 0.1) is 17.7 Å². The molecule has 3 aromatic rings. The molecule has 6 nitrogen and oxygen atoms in total. The first-order valence-electron chi connectivity index (χ1n) is 14.6. The van der Waals surface area contributed by atoms with Gasteiger partial charge in [0.1, 0.15) is 0 Å². The number of hydrogen-bond donors (Lipinski definition) is 2. The van der Waals surface area contributed by atoms with E-state index >= 15 is 0 Å². The third kappa shape index (κ3) is 5.69. The third-order valence-electron chi connectivity index (χ3n) is 9.12. The zero-order valence-electron chi connectivity index (χ0n) is 23.3. The van der Waals surface area contributed by atoms with Gasteiger partial charge in [-0.25, -0.2) is 4.39 Å². The molecule has 8 heteroatoms. The van der Waals surface area contributed by atoms with E-state index < -0.39 is 11.6 Å². The fourth-order valence-corrected chi connectivity index (χ4v) is 6.68. The first-order valence-corrected chi connectivity index (χ1v) is 14.9. The number of phenols is 1. The molecule has 40 heavy (non-hydrogen) atoms. The Labute approximate surface area is 240 Å². The van der Waals surface area contributed by atoms with E-state index in [2.05, 4.69) is 34.2 Å². The second-order valence-corrected chi connectivity index (χ2v) is 12.6. The molecule has 3 aliphatic rings. The molecule has 1 saturated heterocycles. The predicted octanol–water partition coefficient (Wildman–Crippen LogP) is 6.60. The highest BCUT2D eigenvalue weighted by molar-refractivity contribution is 6.32. The molecule has 2 aliphatic carbocycles. The SMILES string of the molecule is CN(C)C1CCN(C[C@H]2CC[C@H](Nc3c(C(=O)C4CC4)cnc4ccc(-c5cc(F)c(O)c(Cl)c5)cc34)CC2)C1. The molecule has 2 saturated carbocycles. The van der Waals surface area contributed by atoms with E-state index in [0.29, 0.717) is 23.1 Å². The molecule has 1 aliphatic heterocycles. The van der Waals surface area contributed by atoms with E-state index in [1.165, 1.54) is 45.0 Å². The largest absolute Gasteiger partial charge is 0.504 e. The van der Waals surface area contributed by atoms with Crippen LogP contribution in [0.15, 0.2) is 36.5 Å². The predicted molar refractivity (Wildman–Crippen MR) is 159 cm³/mol. The highest BCUT2D eigenvalue weighted by atomic mass is 35.5. The summed E-state index contributed by atoms with van der Waals surface area (Å²) in [4.78, 5) is 22.9. The minimum Gasteiger partial charge on any atom is -0.504 e. The first kappa shape index (κ1) is 27.4. The van der Waals surface area contributed by atoms with Gasteiger partial charge in [0.25, 0.3) is 0 Å². The van der Waals surface area contributed by atoms with E-state index in [9.17, 15) is 14.3 Å². The maximum Gasteiger partial charge on any atom is 0.170 e. The molecule has 0 bridgehead atoms. The molecule has 0 radical (unpaired) electrons. The number of carbonyl (C=O) groups is 1. The van der Waals surface area contributed by atoms with Crippen molar-refractivity contribution in [2.75, 3.05) is 39.0 Å². The van der Waals surface area contributed by atoms with Gasteiger partial charge >= 0.3 is 0 Å². The Morgan fingerprint density at radius 2 is 1.88 bits per heavy atom. The molecule has 6 rings (SSSR count). The van der Waals surface area contributed by atoms with Gasteiger partial charge < -0.3 is 20.2 Å². The number of carbonyl (C=O) groups excluding carboxylic acids is 1. The minimum absolute atomic E-state index is 0.0350. The Morgan fingerprint density at radius 3 is 2.55 bits per heavy atom. The van der Waals surface area contributed by atoms with Gasteiger partial charge in [-0.15, -0.1) is 0 Å². The summed E-state index contributed by atoms with van der Waals surface area (Å²) in [5, 5.41) is 14.4. The van der Waals surface area contributed by atoms with E-state index in [1.54, 1.807) is 12.3 Å². The molecule has 0 spiro atoms. The summed E-state index contributed by atoms with van der Waals surface area (Å²) in [5.74, 6) is -0.374. The fraction of sp³-hybridized carbons (Fsp3) is 0.500. The molecule has 2 aromatic carbocycles. The quantitative estimate of drug-likeness (QED) is 0.300. The van der Waals surface area contributed by atoms with Crippen LogP contribution in [0.5, 0.6) is 5.75 Å². The molecular weight excluding hydrogens is 527 g/mol. The molecule has 1 unspecified atom stereocenters. The highest BCUT2D eigenvalue weighted by Gasteiger charge is 2.34. The standard InChI is InChI=1S/C32H38ClFN4O2/c1-37(2)24-11-12-38(18-24)17-19-3-8-23(9-4-19)36-30-25-13-21(22-14-27(33)32(40)28(34)15-22)7-10-29(25)35-16-26(30)31(39)20-5-6-20/h7,10,13-16,19-20,23-24,40H,3-6,8-9,11-12,17-18H2,1-2H3,(H,35,36)/t19-,23-,24?. The number of likely N-dealkylation sites (tertiary alicyclic amines) is 1. The lowest BCUT2D eigenvalue weighted by Crippen LogP contribution is -2.36. The lowest BCUT2D eigenvalue weighted by molar-refractivity contribution is 0.0968. The number of nitrogens with zero attached hydrogens (tertiary/aromatic N) is 3.